The first-order valence-corrected chi connectivity index (χ1v) is 10.7. The first kappa shape index (κ1) is 19.3. The van der Waals surface area contributed by atoms with E-state index < -0.39 is 0 Å². The van der Waals surface area contributed by atoms with Crippen molar-refractivity contribution in [2.45, 2.75) is 46.2 Å². The second-order valence-electron chi connectivity index (χ2n) is 8.97. The van der Waals surface area contributed by atoms with E-state index in [-0.39, 0.29) is 6.04 Å². The van der Waals surface area contributed by atoms with E-state index in [0.717, 1.165) is 54.8 Å². The topological polar surface area (TPSA) is 61.0 Å². The lowest BCUT2D eigenvalue weighted by Crippen LogP contribution is -2.46. The van der Waals surface area contributed by atoms with Crippen LogP contribution >= 0.6 is 0 Å². The fourth-order valence-electron chi connectivity index (χ4n) is 4.43. The van der Waals surface area contributed by atoms with Crippen LogP contribution in [0, 0.1) is 5.92 Å². The van der Waals surface area contributed by atoms with Crippen molar-refractivity contribution in [3.8, 4) is 28.7 Å². The van der Waals surface area contributed by atoms with E-state index in [4.69, 9.17) is 9.72 Å². The number of hydrogen-bond donors (Lipinski definition) is 0. The van der Waals surface area contributed by atoms with Crippen molar-refractivity contribution < 1.29 is 4.74 Å². The minimum Gasteiger partial charge on any atom is -0.491 e. The fourth-order valence-corrected chi connectivity index (χ4v) is 4.43. The molecule has 2 aliphatic rings. The van der Waals surface area contributed by atoms with E-state index in [9.17, 15) is 0 Å². The Bertz CT molecular complexity index is 1040. The minimum absolute atomic E-state index is 0.235. The Balaban J connectivity index is 1.43. The molecule has 2 aliphatic heterocycles. The number of benzene rings is 1. The van der Waals surface area contributed by atoms with Crippen LogP contribution in [0.4, 0.5) is 0 Å². The van der Waals surface area contributed by atoms with E-state index in [1.165, 1.54) is 11.5 Å². The van der Waals surface area contributed by atoms with Crippen molar-refractivity contribution >= 4 is 0 Å². The highest BCUT2D eigenvalue weighted by atomic mass is 16.5. The molecule has 0 amide bonds. The number of imidazole rings is 1. The van der Waals surface area contributed by atoms with Crippen molar-refractivity contribution in [3.05, 3.63) is 42.2 Å². The van der Waals surface area contributed by atoms with Gasteiger partial charge < -0.3 is 14.2 Å². The van der Waals surface area contributed by atoms with Crippen LogP contribution in [0.3, 0.4) is 0 Å². The van der Waals surface area contributed by atoms with Crippen LogP contribution < -0.4 is 4.74 Å². The Kier molecular flexibility index (Phi) is 4.85. The quantitative estimate of drug-likeness (QED) is 0.646. The average Bonchev–Trinajstić information content (AvgIpc) is 3.28. The molecule has 0 aliphatic carbocycles. The molecule has 157 valence electrons. The number of rotatable bonds is 5. The highest BCUT2D eigenvalue weighted by Crippen LogP contribution is 2.37. The first-order chi connectivity index (χ1) is 14.5. The zero-order valence-corrected chi connectivity index (χ0v) is 18.2. The lowest BCUT2D eigenvalue weighted by Gasteiger charge is -2.40. The second kappa shape index (κ2) is 7.54. The standard InChI is InChI=1S/C23H29N6O/c1-15(2)10-27-11-18(12-27)17-5-6-19-21(9-17)30-8-7-28-13-20(26-22(19)28)23-24-14-25-29(23)16(3)4/h5-6,9,13-14,16,18H,7-8,10-12H2,1-4H3. The summed E-state index contributed by atoms with van der Waals surface area (Å²) in [5.74, 6) is 4.73. The predicted octanol–water partition coefficient (Wildman–Crippen LogP) is 3.80. The molecule has 5 rings (SSSR count). The maximum atomic E-state index is 6.12. The third kappa shape index (κ3) is 3.41. The Hall–Kier alpha value is -2.67. The van der Waals surface area contributed by atoms with Gasteiger partial charge in [-0.1, -0.05) is 19.9 Å². The molecule has 3 aromatic rings. The Labute approximate surface area is 177 Å². The number of aromatic nitrogens is 5. The molecule has 0 spiro atoms. The van der Waals surface area contributed by atoms with E-state index in [1.54, 1.807) is 6.33 Å². The third-order valence-corrected chi connectivity index (χ3v) is 5.87. The largest absolute Gasteiger partial charge is 0.491 e. The molecular formula is C23H29N6O. The van der Waals surface area contributed by atoms with Crippen LogP contribution in [0.25, 0.3) is 22.9 Å². The molecule has 0 bridgehead atoms. The molecule has 1 saturated heterocycles. The normalized spacial score (nSPS) is 16.9. The molecule has 2 aromatic heterocycles. The van der Waals surface area contributed by atoms with Gasteiger partial charge in [0.1, 0.15) is 30.2 Å². The van der Waals surface area contributed by atoms with Crippen molar-refractivity contribution in [1.82, 2.24) is 29.2 Å². The van der Waals surface area contributed by atoms with E-state index in [1.807, 2.05) is 4.68 Å². The molecule has 30 heavy (non-hydrogen) atoms. The van der Waals surface area contributed by atoms with Gasteiger partial charge in [-0.15, -0.1) is 0 Å². The second-order valence-corrected chi connectivity index (χ2v) is 8.97. The maximum absolute atomic E-state index is 6.12. The van der Waals surface area contributed by atoms with Gasteiger partial charge >= 0.3 is 0 Å². The Morgan fingerprint density at radius 2 is 2.03 bits per heavy atom. The zero-order valence-electron chi connectivity index (χ0n) is 18.2. The Morgan fingerprint density at radius 3 is 2.80 bits per heavy atom. The molecule has 7 nitrogen and oxygen atoms in total. The molecule has 7 heteroatoms. The van der Waals surface area contributed by atoms with Crippen molar-refractivity contribution in [3.63, 3.8) is 0 Å². The zero-order chi connectivity index (χ0) is 20.8. The highest BCUT2D eigenvalue weighted by molar-refractivity contribution is 5.69. The summed E-state index contributed by atoms with van der Waals surface area (Å²) in [5, 5.41) is 4.36. The number of ether oxygens (including phenoxy) is 1. The molecule has 1 fully saturated rings. The van der Waals surface area contributed by atoms with Gasteiger partial charge in [0.15, 0.2) is 5.82 Å². The number of hydrogen-bond acceptors (Lipinski definition) is 5. The van der Waals surface area contributed by atoms with Crippen LogP contribution in [-0.2, 0) is 6.54 Å². The van der Waals surface area contributed by atoms with Crippen LogP contribution in [0.5, 0.6) is 5.75 Å². The molecular weight excluding hydrogens is 376 g/mol. The fraction of sp³-hybridized carbons (Fsp3) is 0.478. The summed E-state index contributed by atoms with van der Waals surface area (Å²) in [5.41, 5.74) is 3.26. The Morgan fingerprint density at radius 1 is 1.20 bits per heavy atom. The van der Waals surface area contributed by atoms with E-state index in [0.29, 0.717) is 12.5 Å². The monoisotopic (exact) mass is 405 g/mol. The average molecular weight is 406 g/mol. The lowest BCUT2D eigenvalue weighted by molar-refractivity contribution is 0.155. The smallest absolute Gasteiger partial charge is 0.178 e. The van der Waals surface area contributed by atoms with Crippen molar-refractivity contribution in [2.24, 2.45) is 0 Å². The summed E-state index contributed by atoms with van der Waals surface area (Å²) in [7, 11) is 0. The SMILES string of the molecule is C[C](C)CN1CC(c2ccc3c(c2)OCCn2cc(-c4ncnn4C(C)C)nc2-3)C1. The summed E-state index contributed by atoms with van der Waals surface area (Å²) in [6.45, 7) is 13.3. The van der Waals surface area contributed by atoms with Crippen molar-refractivity contribution in [1.29, 1.82) is 0 Å². The van der Waals surface area contributed by atoms with Gasteiger partial charge in [-0.05, 0) is 37.5 Å². The van der Waals surface area contributed by atoms with Gasteiger partial charge in [0, 0.05) is 37.8 Å². The summed E-state index contributed by atoms with van der Waals surface area (Å²) >= 11 is 0. The predicted molar refractivity (Wildman–Crippen MR) is 116 cm³/mol. The van der Waals surface area contributed by atoms with Gasteiger partial charge in [-0.3, -0.25) is 0 Å². The number of fused-ring (bicyclic) bond motifs is 3. The van der Waals surface area contributed by atoms with Gasteiger partial charge in [0.25, 0.3) is 0 Å². The summed E-state index contributed by atoms with van der Waals surface area (Å²) < 4.78 is 10.2. The first-order valence-electron chi connectivity index (χ1n) is 10.7. The van der Waals surface area contributed by atoms with Crippen LogP contribution in [0.2, 0.25) is 0 Å². The van der Waals surface area contributed by atoms with Crippen LogP contribution in [-0.4, -0.2) is 55.5 Å². The highest BCUT2D eigenvalue weighted by Gasteiger charge is 2.30. The number of likely N-dealkylation sites (tertiary alicyclic amines) is 1. The molecule has 0 saturated carbocycles. The molecule has 0 unspecified atom stereocenters. The molecule has 4 heterocycles. The van der Waals surface area contributed by atoms with Gasteiger partial charge in [-0.2, -0.15) is 5.10 Å². The molecule has 0 atom stereocenters. The van der Waals surface area contributed by atoms with E-state index >= 15 is 0 Å². The van der Waals surface area contributed by atoms with Gasteiger partial charge in [0.2, 0.25) is 0 Å². The number of nitrogens with zero attached hydrogens (tertiary/aromatic N) is 6. The maximum Gasteiger partial charge on any atom is 0.178 e. The van der Waals surface area contributed by atoms with Crippen LogP contribution in [0.15, 0.2) is 30.7 Å². The molecule has 1 radical (unpaired) electrons. The minimum atomic E-state index is 0.235. The summed E-state index contributed by atoms with van der Waals surface area (Å²) in [6.07, 6.45) is 3.67. The van der Waals surface area contributed by atoms with Crippen molar-refractivity contribution in [2.75, 3.05) is 26.2 Å². The molecule has 1 aromatic carbocycles. The van der Waals surface area contributed by atoms with E-state index in [2.05, 4.69) is 71.6 Å². The third-order valence-electron chi connectivity index (χ3n) is 5.87. The lowest BCUT2D eigenvalue weighted by atomic mass is 9.90. The molecule has 0 N–H and O–H groups in total. The summed E-state index contributed by atoms with van der Waals surface area (Å²) in [4.78, 5) is 11.9. The van der Waals surface area contributed by atoms with Gasteiger partial charge in [-0.25, -0.2) is 14.6 Å². The summed E-state index contributed by atoms with van der Waals surface area (Å²) in [6, 6.07) is 6.87. The van der Waals surface area contributed by atoms with Crippen LogP contribution in [0.1, 0.15) is 45.2 Å². The van der Waals surface area contributed by atoms with Gasteiger partial charge in [0.05, 0.1) is 12.1 Å².